The molecule has 28 heavy (non-hydrogen) atoms. The number of halogens is 3. The normalized spacial score (nSPS) is 12.2. The third-order valence-electron chi connectivity index (χ3n) is 3.64. The SMILES string of the molecule is CN(C)C[C@H](NC(=O)c1ccc(NS(C)(=O)=O)cc1)c1ccc(Cl)cc1Cl.Cl. The Kier molecular flexibility index (Phi) is 9.04. The van der Waals surface area contributed by atoms with Gasteiger partial charge >= 0.3 is 0 Å². The van der Waals surface area contributed by atoms with Crippen molar-refractivity contribution in [3.8, 4) is 0 Å². The van der Waals surface area contributed by atoms with Crippen molar-refractivity contribution in [3.63, 3.8) is 0 Å². The molecule has 154 valence electrons. The Morgan fingerprint density at radius 3 is 2.21 bits per heavy atom. The average molecular weight is 467 g/mol. The number of anilines is 1. The summed E-state index contributed by atoms with van der Waals surface area (Å²) in [4.78, 5) is 14.6. The van der Waals surface area contributed by atoms with E-state index in [0.717, 1.165) is 11.8 Å². The zero-order valence-electron chi connectivity index (χ0n) is 15.6. The molecule has 1 atom stereocenters. The van der Waals surface area contributed by atoms with Gasteiger partial charge in [-0.15, -0.1) is 12.4 Å². The van der Waals surface area contributed by atoms with Crippen molar-refractivity contribution >= 4 is 57.2 Å². The molecule has 0 saturated carbocycles. The van der Waals surface area contributed by atoms with E-state index in [-0.39, 0.29) is 24.4 Å². The van der Waals surface area contributed by atoms with E-state index in [1.54, 1.807) is 30.3 Å². The molecule has 0 spiro atoms. The van der Waals surface area contributed by atoms with Crippen LogP contribution in [-0.2, 0) is 10.0 Å². The van der Waals surface area contributed by atoms with Gasteiger partial charge in [-0.1, -0.05) is 29.3 Å². The van der Waals surface area contributed by atoms with Gasteiger partial charge in [0.1, 0.15) is 0 Å². The Morgan fingerprint density at radius 1 is 1.11 bits per heavy atom. The molecule has 0 aromatic heterocycles. The number of hydrogen-bond acceptors (Lipinski definition) is 4. The van der Waals surface area contributed by atoms with Gasteiger partial charge in [-0.2, -0.15) is 0 Å². The number of nitrogens with zero attached hydrogens (tertiary/aromatic N) is 1. The summed E-state index contributed by atoms with van der Waals surface area (Å²) in [6.45, 7) is 0.542. The van der Waals surface area contributed by atoms with Crippen molar-refractivity contribution in [3.05, 3.63) is 63.6 Å². The molecular weight excluding hydrogens is 445 g/mol. The van der Waals surface area contributed by atoms with Crippen LogP contribution in [0.2, 0.25) is 10.0 Å². The highest BCUT2D eigenvalue weighted by molar-refractivity contribution is 7.92. The molecular formula is C18H22Cl3N3O3S. The molecule has 2 aromatic rings. The van der Waals surface area contributed by atoms with Crippen LogP contribution in [0.15, 0.2) is 42.5 Å². The average Bonchev–Trinajstić information content (AvgIpc) is 2.53. The highest BCUT2D eigenvalue weighted by Crippen LogP contribution is 2.27. The van der Waals surface area contributed by atoms with Crippen molar-refractivity contribution in [2.45, 2.75) is 6.04 Å². The first-order chi connectivity index (χ1) is 12.5. The molecule has 2 aromatic carbocycles. The fourth-order valence-corrected chi connectivity index (χ4v) is 3.62. The smallest absolute Gasteiger partial charge is 0.251 e. The summed E-state index contributed by atoms with van der Waals surface area (Å²) in [7, 11) is 0.426. The molecule has 0 bridgehead atoms. The second kappa shape index (κ2) is 10.3. The first kappa shape index (κ1) is 24.5. The summed E-state index contributed by atoms with van der Waals surface area (Å²) in [6.07, 6.45) is 1.06. The van der Waals surface area contributed by atoms with Crippen LogP contribution in [-0.4, -0.2) is 46.1 Å². The number of amides is 1. The lowest BCUT2D eigenvalue weighted by atomic mass is 10.1. The maximum atomic E-state index is 12.6. The van der Waals surface area contributed by atoms with Crippen molar-refractivity contribution in [1.29, 1.82) is 0 Å². The van der Waals surface area contributed by atoms with Crippen LogP contribution in [0.4, 0.5) is 5.69 Å². The van der Waals surface area contributed by atoms with E-state index in [9.17, 15) is 13.2 Å². The number of carbonyl (C=O) groups excluding carboxylic acids is 1. The van der Waals surface area contributed by atoms with Gasteiger partial charge in [-0.25, -0.2) is 8.42 Å². The number of sulfonamides is 1. The highest BCUT2D eigenvalue weighted by Gasteiger charge is 2.19. The lowest BCUT2D eigenvalue weighted by Gasteiger charge is -2.24. The molecule has 0 aliphatic carbocycles. The maximum Gasteiger partial charge on any atom is 0.251 e. The summed E-state index contributed by atoms with van der Waals surface area (Å²) in [6, 6.07) is 11.0. The minimum atomic E-state index is -3.37. The third kappa shape index (κ3) is 7.48. The van der Waals surface area contributed by atoms with Crippen LogP contribution in [0.5, 0.6) is 0 Å². The number of hydrogen-bond donors (Lipinski definition) is 2. The van der Waals surface area contributed by atoms with Gasteiger partial charge in [0.05, 0.1) is 12.3 Å². The van der Waals surface area contributed by atoms with Crippen LogP contribution in [0.1, 0.15) is 22.0 Å². The van der Waals surface area contributed by atoms with Gasteiger partial charge in [0.25, 0.3) is 5.91 Å². The van der Waals surface area contributed by atoms with Crippen LogP contribution in [0, 0.1) is 0 Å². The van der Waals surface area contributed by atoms with E-state index >= 15 is 0 Å². The van der Waals surface area contributed by atoms with Crippen molar-refractivity contribution < 1.29 is 13.2 Å². The molecule has 10 heteroatoms. The summed E-state index contributed by atoms with van der Waals surface area (Å²) >= 11 is 12.3. The van der Waals surface area contributed by atoms with E-state index in [1.807, 2.05) is 19.0 Å². The zero-order chi connectivity index (χ0) is 20.2. The van der Waals surface area contributed by atoms with Crippen LogP contribution >= 0.6 is 35.6 Å². The standard InChI is InChI=1S/C18H21Cl2N3O3S.ClH/c1-23(2)11-17(15-9-6-13(19)10-16(15)20)21-18(24)12-4-7-14(8-5-12)22-27(3,25)26;/h4-10,17,22H,11H2,1-3H3,(H,21,24);1H/t17-;/m0./s1. The largest absolute Gasteiger partial charge is 0.344 e. The van der Waals surface area contributed by atoms with Gasteiger partial charge in [-0.05, 0) is 56.1 Å². The molecule has 2 rings (SSSR count). The quantitative estimate of drug-likeness (QED) is 0.650. The molecule has 0 radical (unpaired) electrons. The molecule has 0 heterocycles. The fourth-order valence-electron chi connectivity index (χ4n) is 2.52. The number of carbonyl (C=O) groups is 1. The van der Waals surface area contributed by atoms with E-state index in [4.69, 9.17) is 23.2 Å². The highest BCUT2D eigenvalue weighted by atomic mass is 35.5. The molecule has 6 nitrogen and oxygen atoms in total. The number of likely N-dealkylation sites (N-methyl/N-ethyl adjacent to an activating group) is 1. The predicted octanol–water partition coefficient (Wildman–Crippen LogP) is 3.82. The predicted molar refractivity (Wildman–Crippen MR) is 117 cm³/mol. The summed E-state index contributed by atoms with van der Waals surface area (Å²) in [5.74, 6) is -0.293. The van der Waals surface area contributed by atoms with Gasteiger partial charge in [0.2, 0.25) is 10.0 Å². The summed E-state index contributed by atoms with van der Waals surface area (Å²) in [5.41, 5.74) is 1.56. The Morgan fingerprint density at radius 2 is 1.71 bits per heavy atom. The Hall–Kier alpha value is -1.51. The van der Waals surface area contributed by atoms with Crippen LogP contribution in [0.25, 0.3) is 0 Å². The van der Waals surface area contributed by atoms with E-state index in [1.165, 1.54) is 12.1 Å². The molecule has 0 aliphatic heterocycles. The molecule has 0 unspecified atom stereocenters. The summed E-state index contributed by atoms with van der Waals surface area (Å²) < 4.78 is 24.9. The first-order valence-electron chi connectivity index (χ1n) is 8.03. The van der Waals surface area contributed by atoms with E-state index < -0.39 is 10.0 Å². The lowest BCUT2D eigenvalue weighted by molar-refractivity contribution is 0.0930. The van der Waals surface area contributed by atoms with Crippen molar-refractivity contribution in [1.82, 2.24) is 10.2 Å². The monoisotopic (exact) mass is 465 g/mol. The van der Waals surface area contributed by atoms with Gasteiger partial charge < -0.3 is 10.2 Å². The van der Waals surface area contributed by atoms with Gasteiger partial charge in [0.15, 0.2) is 0 Å². The van der Waals surface area contributed by atoms with Crippen molar-refractivity contribution in [2.24, 2.45) is 0 Å². The Labute approximate surface area is 181 Å². The molecule has 2 N–H and O–H groups in total. The maximum absolute atomic E-state index is 12.6. The second-order valence-electron chi connectivity index (χ2n) is 6.41. The topological polar surface area (TPSA) is 78.5 Å². The minimum absolute atomic E-state index is 0. The Bertz CT molecular complexity index is 919. The first-order valence-corrected chi connectivity index (χ1v) is 10.7. The number of nitrogens with one attached hydrogen (secondary N) is 2. The minimum Gasteiger partial charge on any atom is -0.344 e. The summed E-state index contributed by atoms with van der Waals surface area (Å²) in [5, 5.41) is 3.96. The Balaban J connectivity index is 0.00000392. The molecule has 1 amide bonds. The van der Waals surface area contributed by atoms with E-state index in [0.29, 0.717) is 27.8 Å². The van der Waals surface area contributed by atoms with E-state index in [2.05, 4.69) is 10.0 Å². The second-order valence-corrected chi connectivity index (χ2v) is 9.00. The van der Waals surface area contributed by atoms with Gasteiger partial charge in [0, 0.05) is 27.8 Å². The van der Waals surface area contributed by atoms with Crippen LogP contribution in [0.3, 0.4) is 0 Å². The number of benzene rings is 2. The molecule has 0 fully saturated rings. The van der Waals surface area contributed by atoms with Gasteiger partial charge in [-0.3, -0.25) is 9.52 Å². The zero-order valence-corrected chi connectivity index (χ0v) is 18.7. The number of rotatable bonds is 7. The lowest BCUT2D eigenvalue weighted by Crippen LogP contribution is -2.35. The fraction of sp³-hybridized carbons (Fsp3) is 0.278. The van der Waals surface area contributed by atoms with Crippen molar-refractivity contribution in [2.75, 3.05) is 31.6 Å². The van der Waals surface area contributed by atoms with Crippen LogP contribution < -0.4 is 10.0 Å². The molecule has 0 aliphatic rings. The third-order valence-corrected chi connectivity index (χ3v) is 4.81. The molecule has 0 saturated heterocycles.